The van der Waals surface area contributed by atoms with E-state index in [1.165, 1.54) is 36.2 Å². The number of hydrogen-bond acceptors (Lipinski definition) is 11. The topological polar surface area (TPSA) is 167 Å². The van der Waals surface area contributed by atoms with Gasteiger partial charge in [-0.05, 0) is 31.5 Å². The Labute approximate surface area is 241 Å². The van der Waals surface area contributed by atoms with Crippen LogP contribution in [0.4, 0.5) is 11.4 Å². The second-order valence-electron chi connectivity index (χ2n) is 9.49. The van der Waals surface area contributed by atoms with Crippen molar-refractivity contribution in [3.8, 4) is 11.5 Å². The number of nitrogens with zero attached hydrogens (tertiary/aromatic N) is 3. The molecule has 13 nitrogen and oxygen atoms in total. The molecule has 1 aliphatic heterocycles. The number of esters is 1. The molecule has 0 spiro atoms. The zero-order chi connectivity index (χ0) is 30.2. The molecule has 222 valence electrons. The van der Waals surface area contributed by atoms with Crippen LogP contribution in [-0.2, 0) is 16.1 Å². The van der Waals surface area contributed by atoms with Gasteiger partial charge in [-0.25, -0.2) is 9.48 Å². The smallest absolute Gasteiger partial charge is 0.336 e. The van der Waals surface area contributed by atoms with E-state index in [0.29, 0.717) is 35.0 Å². The number of nitro groups is 1. The summed E-state index contributed by atoms with van der Waals surface area (Å²) >= 11 is 0. The quantitative estimate of drug-likeness (QED) is 0.118. The minimum atomic E-state index is -0.913. The molecule has 0 radical (unpaired) electrons. The van der Waals surface area contributed by atoms with Gasteiger partial charge in [0.15, 0.2) is 11.5 Å². The number of carbonyl (C=O) groups excluding carboxylic acids is 1. The molecule has 0 saturated carbocycles. The highest BCUT2D eigenvalue weighted by Crippen LogP contribution is 2.41. The number of anilines is 1. The Morgan fingerprint density at radius 2 is 2.00 bits per heavy atom. The highest BCUT2D eigenvalue weighted by Gasteiger charge is 2.36. The van der Waals surface area contributed by atoms with Crippen molar-refractivity contribution >= 4 is 17.3 Å². The van der Waals surface area contributed by atoms with Gasteiger partial charge in [0.2, 0.25) is 0 Å². The number of nitrogens with one attached hydrogen (secondary N) is 2. The van der Waals surface area contributed by atoms with Gasteiger partial charge in [0.25, 0.3) is 11.2 Å². The number of aromatic nitrogens is 2. The van der Waals surface area contributed by atoms with E-state index in [0.717, 1.165) is 0 Å². The maximum Gasteiger partial charge on any atom is 0.336 e. The minimum Gasteiger partial charge on any atom is -0.493 e. The standard InChI is InChI=1S/C29H33N5O8/c1-4-41-29(37)25-18(2)32-22-16-31-33(28(36)27(22)26(25)19-8-7-9-20(14-19)34(38)39)13-12-30-15-21(35)17-42-24-11-6-5-10-23(24)40-3/h5-11,14,16,21,26,30,32,35H,4,12-13,15,17H2,1-3H3. The summed E-state index contributed by atoms with van der Waals surface area (Å²) in [5.74, 6) is -0.464. The Morgan fingerprint density at radius 1 is 1.24 bits per heavy atom. The zero-order valence-corrected chi connectivity index (χ0v) is 23.5. The van der Waals surface area contributed by atoms with Crippen LogP contribution in [0.5, 0.6) is 11.5 Å². The lowest BCUT2D eigenvalue weighted by Gasteiger charge is -2.29. The van der Waals surface area contributed by atoms with Crippen LogP contribution in [-0.4, -0.2) is 65.3 Å². The molecule has 0 bridgehead atoms. The van der Waals surface area contributed by atoms with E-state index < -0.39 is 28.5 Å². The molecule has 0 amide bonds. The van der Waals surface area contributed by atoms with Crippen molar-refractivity contribution in [2.45, 2.75) is 32.4 Å². The van der Waals surface area contributed by atoms with E-state index in [1.807, 2.05) is 6.07 Å². The predicted octanol–water partition coefficient (Wildman–Crippen LogP) is 2.58. The summed E-state index contributed by atoms with van der Waals surface area (Å²) in [6.07, 6.45) is 0.661. The van der Waals surface area contributed by atoms with Gasteiger partial charge >= 0.3 is 5.97 Å². The molecule has 2 aromatic carbocycles. The molecule has 1 aliphatic rings. The number of non-ortho nitro benzene ring substituents is 1. The number of fused-ring (bicyclic) bond motifs is 1. The largest absolute Gasteiger partial charge is 0.493 e. The highest BCUT2D eigenvalue weighted by atomic mass is 16.6. The number of hydrogen-bond donors (Lipinski definition) is 3. The number of ether oxygens (including phenoxy) is 3. The first-order chi connectivity index (χ1) is 20.2. The lowest BCUT2D eigenvalue weighted by Crippen LogP contribution is -2.38. The van der Waals surface area contributed by atoms with E-state index in [1.54, 1.807) is 38.1 Å². The van der Waals surface area contributed by atoms with Crippen molar-refractivity contribution < 1.29 is 29.0 Å². The third-order valence-corrected chi connectivity index (χ3v) is 6.68. The molecule has 13 heteroatoms. The highest BCUT2D eigenvalue weighted by molar-refractivity contribution is 5.94. The molecule has 2 atom stereocenters. The Morgan fingerprint density at radius 3 is 2.71 bits per heavy atom. The van der Waals surface area contributed by atoms with Crippen molar-refractivity contribution in [2.75, 3.05) is 38.7 Å². The lowest BCUT2D eigenvalue weighted by atomic mass is 9.81. The average Bonchev–Trinajstić information content (AvgIpc) is 2.98. The number of carbonyl (C=O) groups is 1. The summed E-state index contributed by atoms with van der Waals surface area (Å²) in [6, 6.07) is 13.0. The summed E-state index contributed by atoms with van der Waals surface area (Å²) in [7, 11) is 1.54. The number of nitro benzene ring substituents is 1. The van der Waals surface area contributed by atoms with Gasteiger partial charge in [-0.3, -0.25) is 14.9 Å². The first-order valence-corrected chi connectivity index (χ1v) is 13.4. The Balaban J connectivity index is 1.51. The molecule has 1 aromatic heterocycles. The number of aliphatic hydroxyl groups is 1. The second kappa shape index (κ2) is 13.7. The van der Waals surface area contributed by atoms with Gasteiger partial charge < -0.3 is 30.0 Å². The fourth-order valence-electron chi connectivity index (χ4n) is 4.74. The Bertz CT molecular complexity index is 1540. The maximum absolute atomic E-state index is 13.7. The van der Waals surface area contributed by atoms with E-state index in [-0.39, 0.29) is 43.1 Å². The molecule has 0 fully saturated rings. The summed E-state index contributed by atoms with van der Waals surface area (Å²) in [4.78, 5) is 37.7. The Hall–Kier alpha value is -4.75. The van der Waals surface area contributed by atoms with Crippen LogP contribution < -0.4 is 25.7 Å². The fraction of sp³-hybridized carbons (Fsp3) is 0.345. The van der Waals surface area contributed by atoms with Crippen LogP contribution >= 0.6 is 0 Å². The molecule has 42 heavy (non-hydrogen) atoms. The lowest BCUT2D eigenvalue weighted by molar-refractivity contribution is -0.384. The van der Waals surface area contributed by atoms with Crippen LogP contribution in [0.3, 0.4) is 0 Å². The number of benzene rings is 2. The number of rotatable bonds is 13. The second-order valence-corrected chi connectivity index (χ2v) is 9.49. The Kier molecular flexibility index (Phi) is 9.89. The molecule has 0 aliphatic carbocycles. The van der Waals surface area contributed by atoms with Crippen molar-refractivity contribution in [2.24, 2.45) is 0 Å². The van der Waals surface area contributed by atoms with Gasteiger partial charge in [-0.1, -0.05) is 24.3 Å². The molecule has 0 saturated heterocycles. The van der Waals surface area contributed by atoms with Crippen molar-refractivity contribution in [1.82, 2.24) is 15.1 Å². The summed E-state index contributed by atoms with van der Waals surface area (Å²) in [5.41, 5.74) is 1.05. The normalized spacial score (nSPS) is 14.9. The third-order valence-electron chi connectivity index (χ3n) is 6.68. The molecule has 2 unspecified atom stereocenters. The van der Waals surface area contributed by atoms with Crippen LogP contribution in [0.25, 0.3) is 0 Å². The first-order valence-electron chi connectivity index (χ1n) is 13.4. The van der Waals surface area contributed by atoms with E-state index in [4.69, 9.17) is 14.2 Å². The summed E-state index contributed by atoms with van der Waals surface area (Å²) in [6.45, 7) is 4.15. The average molecular weight is 580 g/mol. The number of para-hydroxylation sites is 2. The van der Waals surface area contributed by atoms with Crippen molar-refractivity contribution in [1.29, 1.82) is 0 Å². The van der Waals surface area contributed by atoms with Gasteiger partial charge in [0, 0.05) is 30.9 Å². The summed E-state index contributed by atoms with van der Waals surface area (Å²) in [5, 5.41) is 32.3. The SMILES string of the molecule is CCOC(=O)C1=C(C)Nc2cnn(CCNCC(O)COc3ccccc3OC)c(=O)c2C1c1cccc([N+](=O)[O-])c1. The molecule has 3 aromatic rings. The molecule has 4 rings (SSSR count). The zero-order valence-electron chi connectivity index (χ0n) is 23.5. The predicted molar refractivity (Wildman–Crippen MR) is 154 cm³/mol. The molecular formula is C29H33N5O8. The minimum absolute atomic E-state index is 0.0311. The fourth-order valence-corrected chi connectivity index (χ4v) is 4.74. The monoisotopic (exact) mass is 579 g/mol. The van der Waals surface area contributed by atoms with E-state index >= 15 is 0 Å². The molecular weight excluding hydrogens is 546 g/mol. The van der Waals surface area contributed by atoms with E-state index in [2.05, 4.69) is 15.7 Å². The third kappa shape index (κ3) is 6.75. The molecule has 3 N–H and O–H groups in total. The first kappa shape index (κ1) is 30.2. The van der Waals surface area contributed by atoms with Crippen LogP contribution in [0.15, 0.2) is 70.8 Å². The van der Waals surface area contributed by atoms with Gasteiger partial charge in [-0.15, -0.1) is 0 Å². The van der Waals surface area contributed by atoms with Crippen molar-refractivity contribution in [3.63, 3.8) is 0 Å². The molecule has 2 heterocycles. The number of methoxy groups -OCH3 is 1. The van der Waals surface area contributed by atoms with Crippen LogP contribution in [0.2, 0.25) is 0 Å². The summed E-state index contributed by atoms with van der Waals surface area (Å²) < 4.78 is 17.4. The van der Waals surface area contributed by atoms with Crippen molar-refractivity contribution in [3.05, 3.63) is 97.6 Å². The maximum atomic E-state index is 13.7. The van der Waals surface area contributed by atoms with Gasteiger partial charge in [0.1, 0.15) is 12.7 Å². The van der Waals surface area contributed by atoms with Crippen LogP contribution in [0, 0.1) is 10.1 Å². The van der Waals surface area contributed by atoms with E-state index in [9.17, 15) is 24.8 Å². The number of allylic oxidation sites excluding steroid dienone is 1. The van der Waals surface area contributed by atoms with Gasteiger partial charge in [0.05, 0.1) is 54.1 Å². The number of aliphatic hydroxyl groups excluding tert-OH is 1. The van der Waals surface area contributed by atoms with Crippen LogP contribution in [0.1, 0.15) is 30.9 Å². The van der Waals surface area contributed by atoms with Gasteiger partial charge in [-0.2, -0.15) is 5.10 Å².